The van der Waals surface area contributed by atoms with Gasteiger partial charge in [-0.1, -0.05) is 0 Å². The number of anilines is 1. The fourth-order valence-corrected chi connectivity index (χ4v) is 3.02. The maximum atomic E-state index is 5.98. The van der Waals surface area contributed by atoms with Crippen LogP contribution in [0, 0.1) is 0 Å². The number of fused-ring (bicyclic) bond motifs is 1. The molecule has 1 aromatic carbocycles. The number of ether oxygens (including phenoxy) is 1. The molecular weight excluding hydrogens is 276 g/mol. The quantitative estimate of drug-likeness (QED) is 0.736. The predicted octanol–water partition coefficient (Wildman–Crippen LogP) is 3.38. The van der Waals surface area contributed by atoms with Crippen molar-refractivity contribution in [2.75, 3.05) is 12.3 Å². The molecule has 0 aliphatic carbocycles. The van der Waals surface area contributed by atoms with E-state index >= 15 is 0 Å². The number of pyridine rings is 1. The van der Waals surface area contributed by atoms with Crippen molar-refractivity contribution in [2.45, 2.75) is 25.5 Å². The highest BCUT2D eigenvalue weighted by atomic mass is 16.5. The summed E-state index contributed by atoms with van der Waals surface area (Å²) in [4.78, 5) is 4.08. The molecule has 0 amide bonds. The number of aromatic nitrogens is 3. The summed E-state index contributed by atoms with van der Waals surface area (Å²) in [5.41, 5.74) is 9.75. The summed E-state index contributed by atoms with van der Waals surface area (Å²) in [5, 5.41) is 5.89. The maximum Gasteiger partial charge on any atom is 0.150 e. The van der Waals surface area contributed by atoms with Crippen LogP contribution in [0.5, 0.6) is 0 Å². The van der Waals surface area contributed by atoms with Crippen LogP contribution in [0.2, 0.25) is 0 Å². The molecule has 1 unspecified atom stereocenters. The lowest BCUT2D eigenvalue weighted by Gasteiger charge is -2.23. The number of benzene rings is 1. The summed E-state index contributed by atoms with van der Waals surface area (Å²) in [7, 11) is 0. The van der Waals surface area contributed by atoms with Crippen molar-refractivity contribution in [3.63, 3.8) is 0 Å². The Bertz CT molecular complexity index is 791. The third-order valence-corrected chi connectivity index (χ3v) is 4.11. The number of nitrogen functional groups attached to an aromatic ring is 1. The van der Waals surface area contributed by atoms with Crippen LogP contribution in [0.4, 0.5) is 5.69 Å². The number of nitrogens with zero attached hydrogens (tertiary/aromatic N) is 3. The van der Waals surface area contributed by atoms with Gasteiger partial charge in [0, 0.05) is 35.6 Å². The average Bonchev–Trinajstić information content (AvgIpc) is 2.95. The van der Waals surface area contributed by atoms with E-state index in [1.807, 2.05) is 35.0 Å². The zero-order chi connectivity index (χ0) is 14.9. The number of nitrogens with two attached hydrogens (primary N) is 1. The first-order valence-corrected chi connectivity index (χ1v) is 7.63. The van der Waals surface area contributed by atoms with Crippen LogP contribution >= 0.6 is 0 Å². The second kappa shape index (κ2) is 5.42. The van der Waals surface area contributed by atoms with Gasteiger partial charge in [0.25, 0.3) is 0 Å². The lowest BCUT2D eigenvalue weighted by molar-refractivity contribution is -0.0365. The largest absolute Gasteiger partial charge is 0.399 e. The van der Waals surface area contributed by atoms with Crippen molar-refractivity contribution in [3.8, 4) is 11.3 Å². The Kier molecular flexibility index (Phi) is 3.27. The SMILES string of the molecule is Nc1ccc2c(c1)c(-c1ccncc1)nn2C1CCCCO1. The van der Waals surface area contributed by atoms with Crippen molar-refractivity contribution >= 4 is 16.6 Å². The van der Waals surface area contributed by atoms with Crippen LogP contribution in [0.25, 0.3) is 22.2 Å². The van der Waals surface area contributed by atoms with Crippen LogP contribution in [0.1, 0.15) is 25.5 Å². The van der Waals surface area contributed by atoms with E-state index in [1.54, 1.807) is 12.4 Å². The van der Waals surface area contributed by atoms with E-state index in [0.29, 0.717) is 0 Å². The van der Waals surface area contributed by atoms with E-state index in [1.165, 1.54) is 6.42 Å². The highest BCUT2D eigenvalue weighted by Crippen LogP contribution is 2.33. The van der Waals surface area contributed by atoms with Crippen molar-refractivity contribution in [3.05, 3.63) is 42.7 Å². The molecule has 0 bridgehead atoms. The molecular formula is C17H18N4O. The highest BCUT2D eigenvalue weighted by molar-refractivity contribution is 5.95. The van der Waals surface area contributed by atoms with E-state index in [0.717, 1.165) is 47.3 Å². The zero-order valence-corrected chi connectivity index (χ0v) is 12.3. The fraction of sp³-hybridized carbons (Fsp3) is 0.294. The molecule has 3 heterocycles. The second-order valence-corrected chi connectivity index (χ2v) is 5.63. The van der Waals surface area contributed by atoms with Crippen LogP contribution in [0.3, 0.4) is 0 Å². The van der Waals surface area contributed by atoms with Gasteiger partial charge in [0.05, 0.1) is 5.52 Å². The lowest BCUT2D eigenvalue weighted by Crippen LogP contribution is -2.19. The molecule has 3 aromatic rings. The number of hydrogen-bond acceptors (Lipinski definition) is 4. The topological polar surface area (TPSA) is 66.0 Å². The normalized spacial score (nSPS) is 18.6. The van der Waals surface area contributed by atoms with E-state index < -0.39 is 0 Å². The molecule has 5 heteroatoms. The minimum Gasteiger partial charge on any atom is -0.399 e. The van der Waals surface area contributed by atoms with Crippen LogP contribution in [-0.2, 0) is 4.74 Å². The first kappa shape index (κ1) is 13.3. The Hall–Kier alpha value is -2.40. The molecule has 1 fully saturated rings. The Morgan fingerprint density at radius 1 is 1.14 bits per heavy atom. The van der Waals surface area contributed by atoms with E-state index in [-0.39, 0.29) is 6.23 Å². The molecule has 0 radical (unpaired) electrons. The molecule has 1 aliphatic rings. The summed E-state index contributed by atoms with van der Waals surface area (Å²) < 4.78 is 7.91. The Balaban J connectivity index is 1.91. The zero-order valence-electron chi connectivity index (χ0n) is 12.3. The fourth-order valence-electron chi connectivity index (χ4n) is 3.02. The highest BCUT2D eigenvalue weighted by Gasteiger charge is 2.21. The molecule has 0 spiro atoms. The van der Waals surface area contributed by atoms with Crippen molar-refractivity contribution in [1.82, 2.24) is 14.8 Å². The van der Waals surface area contributed by atoms with Gasteiger partial charge in [0.15, 0.2) is 6.23 Å². The first-order valence-electron chi connectivity index (χ1n) is 7.63. The summed E-state index contributed by atoms with van der Waals surface area (Å²) in [6, 6.07) is 9.87. The van der Waals surface area contributed by atoms with Gasteiger partial charge in [0.1, 0.15) is 5.69 Å². The maximum absolute atomic E-state index is 5.98. The summed E-state index contributed by atoms with van der Waals surface area (Å²) in [6.07, 6.45) is 6.87. The molecule has 22 heavy (non-hydrogen) atoms. The smallest absolute Gasteiger partial charge is 0.150 e. The van der Waals surface area contributed by atoms with Crippen molar-refractivity contribution in [1.29, 1.82) is 0 Å². The lowest BCUT2D eigenvalue weighted by atomic mass is 10.1. The molecule has 1 aliphatic heterocycles. The van der Waals surface area contributed by atoms with Gasteiger partial charge < -0.3 is 10.5 Å². The minimum absolute atomic E-state index is 0.00969. The van der Waals surface area contributed by atoms with Gasteiger partial charge in [-0.25, -0.2) is 4.68 Å². The summed E-state index contributed by atoms with van der Waals surface area (Å²) in [5.74, 6) is 0. The van der Waals surface area contributed by atoms with Crippen molar-refractivity contribution < 1.29 is 4.74 Å². The van der Waals surface area contributed by atoms with Gasteiger partial charge in [-0.15, -0.1) is 0 Å². The average molecular weight is 294 g/mol. The monoisotopic (exact) mass is 294 g/mol. The van der Waals surface area contributed by atoms with Gasteiger partial charge in [-0.2, -0.15) is 5.10 Å². The molecule has 0 saturated carbocycles. The third kappa shape index (κ3) is 2.23. The van der Waals surface area contributed by atoms with Gasteiger partial charge in [0.2, 0.25) is 0 Å². The van der Waals surface area contributed by atoms with Crippen molar-refractivity contribution in [2.24, 2.45) is 0 Å². The Morgan fingerprint density at radius 3 is 2.77 bits per heavy atom. The van der Waals surface area contributed by atoms with E-state index in [2.05, 4.69) is 4.98 Å². The van der Waals surface area contributed by atoms with E-state index in [9.17, 15) is 0 Å². The number of hydrogen-bond donors (Lipinski definition) is 1. The molecule has 4 rings (SSSR count). The Morgan fingerprint density at radius 2 is 2.00 bits per heavy atom. The molecule has 1 atom stereocenters. The molecule has 112 valence electrons. The van der Waals surface area contributed by atoms with Gasteiger partial charge >= 0.3 is 0 Å². The van der Waals surface area contributed by atoms with Gasteiger partial charge in [-0.05, 0) is 49.6 Å². The predicted molar refractivity (Wildman–Crippen MR) is 86.2 cm³/mol. The summed E-state index contributed by atoms with van der Waals surface area (Å²) in [6.45, 7) is 0.797. The summed E-state index contributed by atoms with van der Waals surface area (Å²) >= 11 is 0. The number of rotatable bonds is 2. The third-order valence-electron chi connectivity index (χ3n) is 4.11. The second-order valence-electron chi connectivity index (χ2n) is 5.63. The molecule has 5 nitrogen and oxygen atoms in total. The van der Waals surface area contributed by atoms with Crippen LogP contribution in [0.15, 0.2) is 42.7 Å². The van der Waals surface area contributed by atoms with Gasteiger partial charge in [-0.3, -0.25) is 4.98 Å². The first-order chi connectivity index (χ1) is 10.8. The molecule has 2 N–H and O–H groups in total. The van der Waals surface area contributed by atoms with Crippen LogP contribution in [-0.4, -0.2) is 21.4 Å². The molecule has 1 saturated heterocycles. The standard InChI is InChI=1S/C17H18N4O/c18-13-4-5-15-14(11-13)17(12-6-8-19-9-7-12)20-21(15)16-3-1-2-10-22-16/h4-9,11,16H,1-3,10,18H2. The molecule has 2 aromatic heterocycles. The minimum atomic E-state index is 0.00969. The van der Waals surface area contributed by atoms with Crippen LogP contribution < -0.4 is 5.73 Å². The van der Waals surface area contributed by atoms with E-state index in [4.69, 9.17) is 15.6 Å². The Labute approximate surface area is 128 Å².